The van der Waals surface area contributed by atoms with Crippen molar-refractivity contribution in [1.82, 2.24) is 14.8 Å². The van der Waals surface area contributed by atoms with Crippen LogP contribution in [0.2, 0.25) is 0 Å². The molecular weight excluding hydrogens is 696 g/mol. The van der Waals surface area contributed by atoms with Crippen molar-refractivity contribution in [2.75, 3.05) is 39.4 Å². The highest BCUT2D eigenvalue weighted by Crippen LogP contribution is 2.44. The number of amides is 3. The van der Waals surface area contributed by atoms with E-state index < -0.39 is 47.0 Å². The van der Waals surface area contributed by atoms with Gasteiger partial charge in [-0.3, -0.25) is 19.4 Å². The van der Waals surface area contributed by atoms with Crippen LogP contribution in [0.1, 0.15) is 94.3 Å². The van der Waals surface area contributed by atoms with Crippen LogP contribution in [0.3, 0.4) is 0 Å². The van der Waals surface area contributed by atoms with Crippen LogP contribution in [-0.4, -0.2) is 95.2 Å². The van der Waals surface area contributed by atoms with Gasteiger partial charge in [-0.1, -0.05) is 30.3 Å². The molecule has 1 atom stereocenters. The Morgan fingerprint density at radius 2 is 1.57 bits per heavy atom. The number of ether oxygens (including phenoxy) is 5. The molecule has 3 amide bonds. The molecule has 1 aliphatic carbocycles. The SMILES string of the molecule is CCOC(=O)N1CCN(C(=O)C(CCC(=O)OC(C)(C)C)c2nc3cc(OCc4ccccc4)ccc3c(OC3(C(=O)OCC)CCC3)c2C(N)=O)CC1. The molecule has 3 aromatic rings. The van der Waals surface area contributed by atoms with Crippen LogP contribution in [0.15, 0.2) is 48.5 Å². The van der Waals surface area contributed by atoms with Gasteiger partial charge in [-0.2, -0.15) is 0 Å². The fraction of sp³-hybridized carbons (Fsp3) is 0.500. The minimum Gasteiger partial charge on any atom is -0.489 e. The molecule has 0 spiro atoms. The van der Waals surface area contributed by atoms with Crippen molar-refractivity contribution < 1.29 is 47.7 Å². The average Bonchev–Trinajstić information content (AvgIpc) is 3.11. The van der Waals surface area contributed by atoms with Gasteiger partial charge in [0.15, 0.2) is 0 Å². The van der Waals surface area contributed by atoms with Gasteiger partial charge in [-0.25, -0.2) is 9.59 Å². The third-order valence-electron chi connectivity index (χ3n) is 9.34. The zero-order chi connectivity index (χ0) is 39.0. The van der Waals surface area contributed by atoms with Gasteiger partial charge in [-0.05, 0) is 78.0 Å². The Labute approximate surface area is 315 Å². The lowest BCUT2D eigenvalue weighted by molar-refractivity contribution is -0.169. The number of carbonyl (C=O) groups excluding carboxylic acids is 5. The summed E-state index contributed by atoms with van der Waals surface area (Å²) in [7, 11) is 0. The van der Waals surface area contributed by atoms with Gasteiger partial charge in [0.1, 0.15) is 29.3 Å². The lowest BCUT2D eigenvalue weighted by Crippen LogP contribution is -2.52. The molecule has 1 saturated carbocycles. The number of aromatic nitrogens is 1. The van der Waals surface area contributed by atoms with E-state index in [4.69, 9.17) is 34.4 Å². The Morgan fingerprint density at radius 3 is 2.17 bits per heavy atom. The van der Waals surface area contributed by atoms with E-state index in [9.17, 15) is 24.0 Å². The fourth-order valence-electron chi connectivity index (χ4n) is 6.54. The zero-order valence-electron chi connectivity index (χ0n) is 31.7. The molecule has 2 aromatic carbocycles. The van der Waals surface area contributed by atoms with Crippen molar-refractivity contribution in [3.63, 3.8) is 0 Å². The van der Waals surface area contributed by atoms with Crippen molar-refractivity contribution in [3.05, 3.63) is 65.4 Å². The van der Waals surface area contributed by atoms with Crippen molar-refractivity contribution in [3.8, 4) is 11.5 Å². The molecule has 14 nitrogen and oxygen atoms in total. The van der Waals surface area contributed by atoms with Gasteiger partial charge in [0.05, 0.1) is 30.3 Å². The lowest BCUT2D eigenvalue weighted by Gasteiger charge is -2.40. The van der Waals surface area contributed by atoms with E-state index in [0.29, 0.717) is 35.9 Å². The van der Waals surface area contributed by atoms with E-state index >= 15 is 0 Å². The first-order chi connectivity index (χ1) is 25.7. The smallest absolute Gasteiger partial charge is 0.409 e. The van der Waals surface area contributed by atoms with Crippen molar-refractivity contribution in [2.24, 2.45) is 5.73 Å². The summed E-state index contributed by atoms with van der Waals surface area (Å²) in [5.41, 5.74) is 5.04. The normalized spacial score (nSPS) is 15.8. The van der Waals surface area contributed by atoms with Crippen molar-refractivity contribution >= 4 is 40.7 Å². The first-order valence-corrected chi connectivity index (χ1v) is 18.5. The second-order valence-electron chi connectivity index (χ2n) is 14.4. The summed E-state index contributed by atoms with van der Waals surface area (Å²) in [4.78, 5) is 75.0. The van der Waals surface area contributed by atoms with Gasteiger partial charge in [0.25, 0.3) is 5.91 Å². The predicted molar refractivity (Wildman–Crippen MR) is 198 cm³/mol. The number of primary amides is 1. The molecule has 5 rings (SSSR count). The molecule has 1 aromatic heterocycles. The number of fused-ring (bicyclic) bond motifs is 1. The molecule has 54 heavy (non-hydrogen) atoms. The van der Waals surface area contributed by atoms with E-state index in [1.54, 1.807) is 57.7 Å². The molecule has 1 unspecified atom stereocenters. The van der Waals surface area contributed by atoms with Gasteiger partial charge in [-0.15, -0.1) is 0 Å². The number of benzene rings is 2. The first-order valence-electron chi connectivity index (χ1n) is 18.5. The van der Waals surface area contributed by atoms with Gasteiger partial charge < -0.3 is 39.2 Å². The third-order valence-corrected chi connectivity index (χ3v) is 9.34. The minimum absolute atomic E-state index is 0.00735. The lowest BCUT2D eigenvalue weighted by atomic mass is 9.79. The van der Waals surface area contributed by atoms with Crippen LogP contribution in [0.5, 0.6) is 11.5 Å². The second-order valence-corrected chi connectivity index (χ2v) is 14.4. The van der Waals surface area contributed by atoms with E-state index in [2.05, 4.69) is 0 Å². The maximum Gasteiger partial charge on any atom is 0.409 e. The Bertz CT molecular complexity index is 1850. The number of esters is 2. The number of pyridine rings is 1. The molecule has 14 heteroatoms. The quantitative estimate of drug-likeness (QED) is 0.168. The molecule has 2 heterocycles. The molecule has 290 valence electrons. The van der Waals surface area contributed by atoms with Crippen LogP contribution < -0.4 is 15.2 Å². The average molecular weight is 747 g/mol. The third kappa shape index (κ3) is 9.39. The number of nitrogens with two attached hydrogens (primary N) is 1. The zero-order valence-corrected chi connectivity index (χ0v) is 31.7. The minimum atomic E-state index is -1.38. The molecule has 0 radical (unpaired) electrons. The second kappa shape index (κ2) is 17.2. The molecule has 1 aliphatic heterocycles. The number of rotatable bonds is 14. The summed E-state index contributed by atoms with van der Waals surface area (Å²) >= 11 is 0. The number of piperazine rings is 1. The highest BCUT2D eigenvalue weighted by atomic mass is 16.6. The van der Waals surface area contributed by atoms with E-state index in [-0.39, 0.29) is 75.8 Å². The number of hydrogen-bond acceptors (Lipinski definition) is 11. The number of carbonyl (C=O) groups is 5. The topological polar surface area (TPSA) is 177 Å². The van der Waals surface area contributed by atoms with Crippen LogP contribution in [0.25, 0.3) is 10.9 Å². The van der Waals surface area contributed by atoms with Crippen LogP contribution >= 0.6 is 0 Å². The predicted octanol–water partition coefficient (Wildman–Crippen LogP) is 5.28. The van der Waals surface area contributed by atoms with Gasteiger partial charge in [0.2, 0.25) is 11.5 Å². The van der Waals surface area contributed by atoms with E-state index in [0.717, 1.165) is 5.56 Å². The van der Waals surface area contributed by atoms with Crippen LogP contribution in [-0.2, 0) is 35.2 Å². The summed E-state index contributed by atoms with van der Waals surface area (Å²) in [5.74, 6) is -3.20. The van der Waals surface area contributed by atoms with Gasteiger partial charge in [0, 0.05) is 44.1 Å². The monoisotopic (exact) mass is 746 g/mol. The summed E-state index contributed by atoms with van der Waals surface area (Å²) in [6, 6.07) is 14.7. The Morgan fingerprint density at radius 1 is 0.907 bits per heavy atom. The van der Waals surface area contributed by atoms with Gasteiger partial charge >= 0.3 is 18.0 Å². The standard InChI is InChI=1S/C40H50N4O10/c1-6-50-37(48)40(18-11-19-40)54-34-28-15-14-27(52-25-26-12-9-8-10-13-26)24-30(28)42-33(32(34)35(41)46)29(16-17-31(45)53-39(3,4)5)36(47)43-20-22-44(23-21-43)38(49)51-7-2/h8-10,12-15,24,29H,6-7,11,16-23,25H2,1-5H3,(H2,41,46). The highest BCUT2D eigenvalue weighted by Gasteiger charge is 2.49. The maximum absolute atomic E-state index is 14.6. The first kappa shape index (κ1) is 39.8. The molecule has 2 aliphatic rings. The maximum atomic E-state index is 14.6. The summed E-state index contributed by atoms with van der Waals surface area (Å²) in [6.45, 7) is 10.0. The molecular formula is C40H50N4O10. The molecule has 2 N–H and O–H groups in total. The fourth-order valence-corrected chi connectivity index (χ4v) is 6.54. The Kier molecular flexibility index (Phi) is 12.7. The summed E-state index contributed by atoms with van der Waals surface area (Å²) in [5, 5.41) is 0.372. The van der Waals surface area contributed by atoms with Crippen LogP contribution in [0, 0.1) is 0 Å². The highest BCUT2D eigenvalue weighted by molar-refractivity contribution is 6.05. The molecule has 1 saturated heterocycles. The summed E-state index contributed by atoms with van der Waals surface area (Å²) < 4.78 is 28.8. The number of hydrogen-bond donors (Lipinski definition) is 1. The Hall–Kier alpha value is -5.40. The van der Waals surface area contributed by atoms with Crippen molar-refractivity contribution in [2.45, 2.75) is 90.4 Å². The molecule has 0 bridgehead atoms. The van der Waals surface area contributed by atoms with E-state index in [1.165, 1.54) is 4.90 Å². The largest absolute Gasteiger partial charge is 0.489 e. The van der Waals surface area contributed by atoms with E-state index in [1.807, 2.05) is 30.3 Å². The van der Waals surface area contributed by atoms with Crippen LogP contribution in [0.4, 0.5) is 4.79 Å². The number of nitrogens with zero attached hydrogens (tertiary/aromatic N) is 3. The molecule has 2 fully saturated rings. The Balaban J connectivity index is 1.62. The summed E-state index contributed by atoms with van der Waals surface area (Å²) in [6.07, 6.45) is 0.624. The van der Waals surface area contributed by atoms with Crippen molar-refractivity contribution in [1.29, 1.82) is 0 Å².